The summed E-state index contributed by atoms with van der Waals surface area (Å²) in [7, 11) is 3.20. The lowest BCUT2D eigenvalue weighted by Crippen LogP contribution is -2.30. The van der Waals surface area contributed by atoms with Crippen LogP contribution in [0.25, 0.3) is 11.3 Å². The van der Waals surface area contributed by atoms with Crippen molar-refractivity contribution in [3.8, 4) is 22.8 Å². The normalized spacial score (nSPS) is 12.8. The van der Waals surface area contributed by atoms with E-state index in [-0.39, 0.29) is 12.3 Å². The number of carbonyl (C=O) groups is 1. The second-order valence-corrected chi connectivity index (χ2v) is 6.87. The summed E-state index contributed by atoms with van der Waals surface area (Å²) in [5.41, 5.74) is 4.79. The zero-order chi connectivity index (χ0) is 19.7. The van der Waals surface area contributed by atoms with Crippen LogP contribution in [-0.4, -0.2) is 31.8 Å². The fourth-order valence-corrected chi connectivity index (χ4v) is 3.55. The van der Waals surface area contributed by atoms with Gasteiger partial charge in [0.25, 0.3) is 0 Å². The largest absolute Gasteiger partial charge is 0.497 e. The Hall–Kier alpha value is -3.28. The molecule has 144 valence electrons. The van der Waals surface area contributed by atoms with Crippen molar-refractivity contribution < 1.29 is 18.8 Å². The van der Waals surface area contributed by atoms with Crippen molar-refractivity contribution in [1.82, 2.24) is 5.16 Å². The lowest BCUT2D eigenvalue weighted by Gasteiger charge is -2.18. The molecule has 4 rings (SSSR count). The minimum absolute atomic E-state index is 0.0531. The number of rotatable bonds is 5. The summed E-state index contributed by atoms with van der Waals surface area (Å²) in [6.45, 7) is 2.57. The molecule has 0 aliphatic carbocycles. The van der Waals surface area contributed by atoms with Gasteiger partial charge in [0.15, 0.2) is 5.76 Å². The average molecular weight is 378 g/mol. The predicted octanol–water partition coefficient (Wildman–Crippen LogP) is 3.80. The molecule has 3 aromatic rings. The van der Waals surface area contributed by atoms with Crippen LogP contribution >= 0.6 is 0 Å². The molecule has 1 aliphatic rings. The molecular weight excluding hydrogens is 356 g/mol. The van der Waals surface area contributed by atoms with E-state index in [9.17, 15) is 4.79 Å². The van der Waals surface area contributed by atoms with Crippen LogP contribution in [0.2, 0.25) is 0 Å². The quantitative estimate of drug-likeness (QED) is 0.676. The van der Waals surface area contributed by atoms with E-state index in [2.05, 4.69) is 11.2 Å². The number of methoxy groups -OCH3 is 2. The molecule has 6 heteroatoms. The molecule has 2 heterocycles. The van der Waals surface area contributed by atoms with E-state index < -0.39 is 0 Å². The van der Waals surface area contributed by atoms with Crippen molar-refractivity contribution in [1.29, 1.82) is 0 Å². The third-order valence-electron chi connectivity index (χ3n) is 4.96. The van der Waals surface area contributed by atoms with Crippen LogP contribution in [0.3, 0.4) is 0 Å². The maximum absolute atomic E-state index is 13.0. The van der Waals surface area contributed by atoms with Gasteiger partial charge in [-0.15, -0.1) is 0 Å². The third kappa shape index (κ3) is 3.45. The number of hydrogen-bond acceptors (Lipinski definition) is 5. The van der Waals surface area contributed by atoms with Gasteiger partial charge in [0, 0.05) is 29.9 Å². The Labute approximate surface area is 163 Å². The van der Waals surface area contributed by atoms with Gasteiger partial charge in [-0.25, -0.2) is 0 Å². The van der Waals surface area contributed by atoms with Crippen LogP contribution in [0.15, 0.2) is 47.0 Å². The summed E-state index contributed by atoms with van der Waals surface area (Å²) < 4.78 is 16.0. The Morgan fingerprint density at radius 2 is 1.86 bits per heavy atom. The number of nitrogens with zero attached hydrogens (tertiary/aromatic N) is 2. The van der Waals surface area contributed by atoms with Crippen LogP contribution in [0.1, 0.15) is 16.8 Å². The van der Waals surface area contributed by atoms with Crippen LogP contribution in [0, 0.1) is 6.92 Å². The molecular formula is C22H22N2O4. The molecule has 0 atom stereocenters. The number of hydrogen-bond donors (Lipinski definition) is 0. The molecule has 1 aliphatic heterocycles. The van der Waals surface area contributed by atoms with Crippen LogP contribution in [0.4, 0.5) is 5.69 Å². The lowest BCUT2D eigenvalue weighted by molar-refractivity contribution is -0.117. The van der Waals surface area contributed by atoms with Gasteiger partial charge in [-0.2, -0.15) is 0 Å². The molecule has 0 bridgehead atoms. The van der Waals surface area contributed by atoms with Crippen molar-refractivity contribution in [2.75, 3.05) is 25.7 Å². The zero-order valence-electron chi connectivity index (χ0n) is 16.2. The predicted molar refractivity (Wildman–Crippen MR) is 106 cm³/mol. The molecule has 2 aromatic carbocycles. The number of carbonyl (C=O) groups excluding carboxylic acids is 1. The van der Waals surface area contributed by atoms with Crippen molar-refractivity contribution in [2.45, 2.75) is 19.8 Å². The summed E-state index contributed by atoms with van der Waals surface area (Å²) in [6.07, 6.45) is 1.11. The highest BCUT2D eigenvalue weighted by Crippen LogP contribution is 2.33. The fraction of sp³-hybridized carbons (Fsp3) is 0.273. The van der Waals surface area contributed by atoms with E-state index in [4.69, 9.17) is 14.0 Å². The number of aromatic nitrogens is 1. The van der Waals surface area contributed by atoms with Crippen molar-refractivity contribution >= 4 is 11.6 Å². The van der Waals surface area contributed by atoms with Crippen molar-refractivity contribution in [2.24, 2.45) is 0 Å². The van der Waals surface area contributed by atoms with Crippen molar-refractivity contribution in [3.05, 3.63) is 59.3 Å². The highest BCUT2D eigenvalue weighted by atomic mass is 16.5. The first-order valence-electron chi connectivity index (χ1n) is 9.16. The molecule has 1 amide bonds. The molecule has 0 N–H and O–H groups in total. The maximum Gasteiger partial charge on any atom is 0.231 e. The first-order valence-corrected chi connectivity index (χ1v) is 9.16. The van der Waals surface area contributed by atoms with E-state index in [1.807, 2.05) is 42.2 Å². The minimum Gasteiger partial charge on any atom is -0.497 e. The van der Waals surface area contributed by atoms with E-state index in [1.165, 1.54) is 0 Å². The number of anilines is 1. The third-order valence-corrected chi connectivity index (χ3v) is 4.96. The number of fused-ring (bicyclic) bond motifs is 1. The molecule has 28 heavy (non-hydrogen) atoms. The van der Waals surface area contributed by atoms with Crippen molar-refractivity contribution in [3.63, 3.8) is 0 Å². The molecule has 0 spiro atoms. The molecule has 0 fully saturated rings. The topological polar surface area (TPSA) is 64.8 Å². The Morgan fingerprint density at radius 3 is 2.50 bits per heavy atom. The van der Waals surface area contributed by atoms with Crippen LogP contribution in [0.5, 0.6) is 11.5 Å². The Bertz CT molecular complexity index is 1000. The summed E-state index contributed by atoms with van der Waals surface area (Å²) in [5.74, 6) is 2.15. The second kappa shape index (κ2) is 7.38. The van der Waals surface area contributed by atoms with Gasteiger partial charge in [-0.05, 0) is 54.8 Å². The average Bonchev–Trinajstić information content (AvgIpc) is 3.33. The monoisotopic (exact) mass is 378 g/mol. The summed E-state index contributed by atoms with van der Waals surface area (Å²) in [4.78, 5) is 14.8. The second-order valence-electron chi connectivity index (χ2n) is 6.87. The van der Waals surface area contributed by atoms with Gasteiger partial charge in [-0.1, -0.05) is 5.16 Å². The Morgan fingerprint density at radius 1 is 1.11 bits per heavy atom. The van der Waals surface area contributed by atoms with Crippen LogP contribution < -0.4 is 14.4 Å². The van der Waals surface area contributed by atoms with E-state index in [0.717, 1.165) is 40.3 Å². The lowest BCUT2D eigenvalue weighted by atomic mass is 10.1. The van der Waals surface area contributed by atoms with E-state index >= 15 is 0 Å². The summed E-state index contributed by atoms with van der Waals surface area (Å²) in [6, 6.07) is 13.5. The van der Waals surface area contributed by atoms with Gasteiger partial charge >= 0.3 is 0 Å². The minimum atomic E-state index is 0.0531. The summed E-state index contributed by atoms with van der Waals surface area (Å²) >= 11 is 0. The van der Waals surface area contributed by atoms with E-state index in [0.29, 0.717) is 18.0 Å². The number of ether oxygens (including phenoxy) is 2. The molecule has 0 unspecified atom stereocenters. The highest BCUT2D eigenvalue weighted by Gasteiger charge is 2.25. The standard InChI is InChI=1S/C22H22N2O4/c1-14-8-21(28-23-14)17-4-5-20-16(12-17)6-7-24(20)22(25)11-15-9-18(26-2)13-19(10-15)27-3/h4-5,8-10,12-13H,6-7,11H2,1-3H3. The van der Waals surface area contributed by atoms with Gasteiger partial charge in [0.05, 0.1) is 26.3 Å². The molecule has 0 saturated carbocycles. The number of benzene rings is 2. The SMILES string of the molecule is COc1cc(CC(=O)N2CCc3cc(-c4cc(C)no4)ccc32)cc(OC)c1. The first-order chi connectivity index (χ1) is 13.6. The fourth-order valence-electron chi connectivity index (χ4n) is 3.55. The molecule has 0 radical (unpaired) electrons. The van der Waals surface area contributed by atoms with Crippen LogP contribution in [-0.2, 0) is 17.6 Å². The molecule has 1 aromatic heterocycles. The Balaban J connectivity index is 1.55. The number of aryl methyl sites for hydroxylation is 1. The molecule has 6 nitrogen and oxygen atoms in total. The van der Waals surface area contributed by atoms with Gasteiger partial charge < -0.3 is 18.9 Å². The smallest absolute Gasteiger partial charge is 0.231 e. The maximum atomic E-state index is 13.0. The number of amides is 1. The first kappa shape index (κ1) is 18.1. The Kier molecular flexibility index (Phi) is 4.77. The summed E-state index contributed by atoms with van der Waals surface area (Å²) in [5, 5.41) is 3.94. The van der Waals surface area contributed by atoms with Gasteiger partial charge in [0.1, 0.15) is 11.5 Å². The van der Waals surface area contributed by atoms with E-state index in [1.54, 1.807) is 20.3 Å². The van der Waals surface area contributed by atoms with Gasteiger partial charge in [0.2, 0.25) is 5.91 Å². The zero-order valence-corrected chi connectivity index (χ0v) is 16.2. The van der Waals surface area contributed by atoms with Gasteiger partial charge in [-0.3, -0.25) is 4.79 Å². The molecule has 0 saturated heterocycles. The highest BCUT2D eigenvalue weighted by molar-refractivity contribution is 5.97.